The average molecular weight is 418 g/mol. The van der Waals surface area contributed by atoms with Crippen LogP contribution in [0.15, 0.2) is 59.9 Å². The first-order valence-corrected chi connectivity index (χ1v) is 8.98. The van der Waals surface area contributed by atoms with E-state index >= 15 is 0 Å². The number of nitrogens with two attached hydrogens (primary N) is 1. The Kier molecular flexibility index (Phi) is 4.32. The van der Waals surface area contributed by atoms with Gasteiger partial charge in [0.05, 0.1) is 28.4 Å². The normalized spacial score (nSPS) is 18.9. The van der Waals surface area contributed by atoms with Gasteiger partial charge in [-0.1, -0.05) is 30.3 Å². The predicted octanol–water partition coefficient (Wildman–Crippen LogP) is 3.08. The van der Waals surface area contributed by atoms with Gasteiger partial charge in [0.2, 0.25) is 0 Å². The van der Waals surface area contributed by atoms with Crippen molar-refractivity contribution in [2.75, 3.05) is 13.2 Å². The molecule has 26 heavy (non-hydrogen) atoms. The number of halogens is 2. The molecule has 7 heteroatoms. The van der Waals surface area contributed by atoms with Crippen molar-refractivity contribution in [3.8, 4) is 5.75 Å². The van der Waals surface area contributed by atoms with Gasteiger partial charge in [0.1, 0.15) is 30.0 Å². The van der Waals surface area contributed by atoms with Crippen LogP contribution in [-0.2, 0) is 11.2 Å². The van der Waals surface area contributed by atoms with Gasteiger partial charge in [-0.2, -0.15) is 0 Å². The van der Waals surface area contributed by atoms with Gasteiger partial charge in [0, 0.05) is 18.1 Å². The summed E-state index contributed by atoms with van der Waals surface area (Å²) in [5, 5.41) is 0. The summed E-state index contributed by atoms with van der Waals surface area (Å²) < 4.78 is 21.1. The SMILES string of the molecule is NC(=O)C1=C(Cc2ccccc2)N2CCOc3cc(F)ccc3C2N1Br. The van der Waals surface area contributed by atoms with E-state index < -0.39 is 5.91 Å². The van der Waals surface area contributed by atoms with Gasteiger partial charge in [0.15, 0.2) is 0 Å². The summed E-state index contributed by atoms with van der Waals surface area (Å²) in [7, 11) is 0. The fourth-order valence-corrected chi connectivity index (χ4v) is 4.34. The van der Waals surface area contributed by atoms with E-state index in [0.29, 0.717) is 31.0 Å². The number of carbonyl (C=O) groups is 1. The summed E-state index contributed by atoms with van der Waals surface area (Å²) in [4.78, 5) is 14.3. The van der Waals surface area contributed by atoms with Gasteiger partial charge in [-0.25, -0.2) is 4.39 Å². The third-order valence-corrected chi connectivity index (χ3v) is 5.38. The topological polar surface area (TPSA) is 58.8 Å². The number of carbonyl (C=O) groups excluding carboxylic acids is 1. The van der Waals surface area contributed by atoms with E-state index in [9.17, 15) is 9.18 Å². The molecule has 1 amide bonds. The predicted molar refractivity (Wildman–Crippen MR) is 98.5 cm³/mol. The van der Waals surface area contributed by atoms with E-state index in [1.807, 2.05) is 30.3 Å². The van der Waals surface area contributed by atoms with E-state index in [1.54, 1.807) is 9.99 Å². The highest BCUT2D eigenvalue weighted by atomic mass is 79.9. The van der Waals surface area contributed by atoms with Crippen LogP contribution in [0.2, 0.25) is 0 Å². The van der Waals surface area contributed by atoms with Gasteiger partial charge in [0.25, 0.3) is 5.91 Å². The Morgan fingerprint density at radius 2 is 2.04 bits per heavy atom. The maximum atomic E-state index is 13.6. The molecular weight excluding hydrogens is 401 g/mol. The molecular formula is C19H17BrFN3O2. The molecule has 2 aliphatic rings. The maximum absolute atomic E-state index is 13.6. The second-order valence-electron chi connectivity index (χ2n) is 6.23. The van der Waals surface area contributed by atoms with Crippen LogP contribution in [-0.4, -0.2) is 27.9 Å². The Morgan fingerprint density at radius 1 is 1.27 bits per heavy atom. The molecule has 134 valence electrons. The molecule has 0 radical (unpaired) electrons. The van der Waals surface area contributed by atoms with E-state index in [1.165, 1.54) is 12.1 Å². The third kappa shape index (κ3) is 2.82. The molecule has 2 heterocycles. The van der Waals surface area contributed by atoms with Crippen molar-refractivity contribution in [2.24, 2.45) is 5.73 Å². The Balaban J connectivity index is 1.79. The minimum absolute atomic E-state index is 0.325. The van der Waals surface area contributed by atoms with Crippen LogP contribution < -0.4 is 10.5 Å². The first kappa shape index (κ1) is 16.9. The second kappa shape index (κ2) is 6.64. The molecule has 2 N–H and O–H groups in total. The number of nitrogens with zero attached hydrogens (tertiary/aromatic N) is 2. The minimum Gasteiger partial charge on any atom is -0.491 e. The molecule has 2 aliphatic heterocycles. The van der Waals surface area contributed by atoms with Crippen molar-refractivity contribution in [3.63, 3.8) is 0 Å². The summed E-state index contributed by atoms with van der Waals surface area (Å²) in [6, 6.07) is 14.3. The Hall–Kier alpha value is -2.54. The number of fused-ring (bicyclic) bond motifs is 3. The molecule has 1 unspecified atom stereocenters. The fourth-order valence-electron chi connectivity index (χ4n) is 3.52. The zero-order valence-corrected chi connectivity index (χ0v) is 15.4. The molecule has 4 rings (SSSR count). The third-order valence-electron chi connectivity index (χ3n) is 4.63. The summed E-state index contributed by atoms with van der Waals surface area (Å²) in [6.45, 7) is 0.945. The number of ether oxygens (including phenoxy) is 1. The lowest BCUT2D eigenvalue weighted by atomic mass is 10.1. The monoisotopic (exact) mass is 417 g/mol. The first-order chi connectivity index (χ1) is 12.6. The second-order valence-corrected chi connectivity index (χ2v) is 6.99. The molecule has 0 aromatic heterocycles. The molecule has 0 aliphatic carbocycles. The van der Waals surface area contributed by atoms with E-state index in [4.69, 9.17) is 10.5 Å². The summed E-state index contributed by atoms with van der Waals surface area (Å²) in [6.07, 6.45) is 0.239. The Labute approximate surface area is 159 Å². The smallest absolute Gasteiger partial charge is 0.267 e. The molecule has 0 fully saturated rings. The van der Waals surface area contributed by atoms with Crippen LogP contribution >= 0.6 is 16.1 Å². The lowest BCUT2D eigenvalue weighted by molar-refractivity contribution is -0.115. The molecule has 5 nitrogen and oxygen atoms in total. The molecule has 2 aromatic carbocycles. The van der Waals surface area contributed by atoms with Crippen LogP contribution in [0.25, 0.3) is 0 Å². The average Bonchev–Trinajstić information content (AvgIpc) is 2.77. The highest BCUT2D eigenvalue weighted by Gasteiger charge is 2.42. The molecule has 0 bridgehead atoms. The number of hydrogen-bond donors (Lipinski definition) is 1. The first-order valence-electron chi connectivity index (χ1n) is 8.27. The van der Waals surface area contributed by atoms with Gasteiger partial charge >= 0.3 is 0 Å². The Morgan fingerprint density at radius 3 is 2.77 bits per heavy atom. The highest BCUT2D eigenvalue weighted by Crippen LogP contribution is 2.46. The highest BCUT2D eigenvalue weighted by molar-refractivity contribution is 9.07. The number of primary amides is 1. The standard InChI is InChI=1S/C19H17BrFN3O2/c20-24-17(18(22)25)15(10-12-4-2-1-3-5-12)23-8-9-26-16-11-13(21)6-7-14(16)19(23)24/h1-7,11,19H,8-10H2,(H2,22,25). The fraction of sp³-hybridized carbons (Fsp3) is 0.211. The van der Waals surface area contributed by atoms with E-state index in [2.05, 4.69) is 21.0 Å². The van der Waals surface area contributed by atoms with Crippen molar-refractivity contribution in [1.82, 2.24) is 8.83 Å². The molecule has 0 spiro atoms. The van der Waals surface area contributed by atoms with Crippen molar-refractivity contribution in [3.05, 3.63) is 76.9 Å². The van der Waals surface area contributed by atoms with Gasteiger partial charge < -0.3 is 15.4 Å². The van der Waals surface area contributed by atoms with Gasteiger partial charge in [-0.15, -0.1) is 0 Å². The molecule has 0 saturated carbocycles. The van der Waals surface area contributed by atoms with Gasteiger partial charge in [-0.3, -0.25) is 8.72 Å². The zero-order valence-electron chi connectivity index (χ0n) is 13.9. The van der Waals surface area contributed by atoms with Crippen LogP contribution in [0.5, 0.6) is 5.75 Å². The van der Waals surface area contributed by atoms with Crippen LogP contribution in [0.3, 0.4) is 0 Å². The number of hydrogen-bond acceptors (Lipinski definition) is 4. The van der Waals surface area contributed by atoms with Gasteiger partial charge in [-0.05, 0) is 17.7 Å². The van der Waals surface area contributed by atoms with Crippen molar-refractivity contribution >= 4 is 22.1 Å². The largest absolute Gasteiger partial charge is 0.491 e. The van der Waals surface area contributed by atoms with Crippen molar-refractivity contribution < 1.29 is 13.9 Å². The lowest BCUT2D eigenvalue weighted by Gasteiger charge is -2.29. The maximum Gasteiger partial charge on any atom is 0.267 e. The molecule has 2 aromatic rings. The van der Waals surface area contributed by atoms with Crippen molar-refractivity contribution in [1.29, 1.82) is 0 Å². The molecule has 0 saturated heterocycles. The summed E-state index contributed by atoms with van der Waals surface area (Å²) in [5.41, 5.74) is 8.78. The Bertz CT molecular complexity index is 888. The summed E-state index contributed by atoms with van der Waals surface area (Å²) >= 11 is 3.51. The number of benzene rings is 2. The molecule has 1 atom stereocenters. The van der Waals surface area contributed by atoms with Crippen LogP contribution in [0, 0.1) is 5.82 Å². The quantitative estimate of drug-likeness (QED) is 0.779. The number of amides is 1. The van der Waals surface area contributed by atoms with Crippen molar-refractivity contribution in [2.45, 2.75) is 12.6 Å². The number of allylic oxidation sites excluding steroid dienone is 1. The van der Waals surface area contributed by atoms with E-state index in [-0.39, 0.29) is 12.0 Å². The summed E-state index contributed by atoms with van der Waals surface area (Å²) in [5.74, 6) is -0.388. The van der Waals surface area contributed by atoms with Crippen LogP contribution in [0.1, 0.15) is 17.3 Å². The number of rotatable bonds is 3. The lowest BCUT2D eigenvalue weighted by Crippen LogP contribution is -2.30. The van der Waals surface area contributed by atoms with E-state index in [0.717, 1.165) is 16.8 Å². The minimum atomic E-state index is -0.509. The van der Waals surface area contributed by atoms with Crippen LogP contribution in [0.4, 0.5) is 4.39 Å². The zero-order chi connectivity index (χ0) is 18.3.